The lowest BCUT2D eigenvalue weighted by Crippen LogP contribution is -2.38. The van der Waals surface area contributed by atoms with Gasteiger partial charge in [-0.2, -0.15) is 0 Å². The van der Waals surface area contributed by atoms with Crippen LogP contribution in [0.25, 0.3) is 0 Å². The Labute approximate surface area is 128 Å². The van der Waals surface area contributed by atoms with Gasteiger partial charge in [0, 0.05) is 30.7 Å². The van der Waals surface area contributed by atoms with Gasteiger partial charge in [0.2, 0.25) is 0 Å². The van der Waals surface area contributed by atoms with E-state index in [2.05, 4.69) is 10.3 Å². The van der Waals surface area contributed by atoms with Crippen LogP contribution >= 0.6 is 11.3 Å². The molecule has 0 spiro atoms. The molecular weight excluding hydrogens is 286 g/mol. The van der Waals surface area contributed by atoms with Crippen molar-refractivity contribution in [1.82, 2.24) is 10.3 Å². The average molecular weight is 305 g/mol. The van der Waals surface area contributed by atoms with Gasteiger partial charge in [0.1, 0.15) is 11.4 Å². The molecule has 112 valence electrons. The van der Waals surface area contributed by atoms with E-state index in [-0.39, 0.29) is 12.5 Å². The zero-order chi connectivity index (χ0) is 15.5. The Morgan fingerprint density at radius 2 is 2.24 bits per heavy atom. The molecule has 5 nitrogen and oxygen atoms in total. The summed E-state index contributed by atoms with van der Waals surface area (Å²) in [5.74, 6) is 0.491. The maximum Gasteiger partial charge on any atom is 0.251 e. The zero-order valence-electron chi connectivity index (χ0n) is 12.3. The molecule has 1 unspecified atom stereocenters. The highest BCUT2D eigenvalue weighted by molar-refractivity contribution is 7.10. The fourth-order valence-electron chi connectivity index (χ4n) is 1.83. The first kappa shape index (κ1) is 15.5. The summed E-state index contributed by atoms with van der Waals surface area (Å²) in [5.41, 5.74) is -0.544. The van der Waals surface area contributed by atoms with Crippen molar-refractivity contribution in [2.45, 2.75) is 12.5 Å². The summed E-state index contributed by atoms with van der Waals surface area (Å²) in [6.07, 6.45) is 1.60. The summed E-state index contributed by atoms with van der Waals surface area (Å²) >= 11 is 1.47. The summed E-state index contributed by atoms with van der Waals surface area (Å²) in [6.45, 7) is 1.85. The van der Waals surface area contributed by atoms with Crippen LogP contribution in [0.3, 0.4) is 0 Å². The second-order valence-electron chi connectivity index (χ2n) is 5.23. The van der Waals surface area contributed by atoms with E-state index in [1.165, 1.54) is 11.3 Å². The molecular formula is C15H19N3O2S. The van der Waals surface area contributed by atoms with Gasteiger partial charge in [0.15, 0.2) is 0 Å². The topological polar surface area (TPSA) is 65.5 Å². The first-order valence-electron chi connectivity index (χ1n) is 6.58. The molecule has 0 fully saturated rings. The third-order valence-corrected chi connectivity index (χ3v) is 4.23. The Morgan fingerprint density at radius 3 is 2.86 bits per heavy atom. The van der Waals surface area contributed by atoms with E-state index in [1.807, 2.05) is 36.5 Å². The lowest BCUT2D eigenvalue weighted by atomic mass is 10.1. The predicted octanol–water partition coefficient (Wildman–Crippen LogP) is 1.85. The number of hydrogen-bond acceptors (Lipinski definition) is 5. The van der Waals surface area contributed by atoms with Gasteiger partial charge in [-0.05, 0) is 30.5 Å². The molecule has 0 aliphatic carbocycles. The largest absolute Gasteiger partial charge is 0.383 e. The molecule has 2 rings (SSSR count). The Balaban J connectivity index is 2.03. The number of anilines is 1. The van der Waals surface area contributed by atoms with Gasteiger partial charge in [-0.15, -0.1) is 11.3 Å². The van der Waals surface area contributed by atoms with Crippen molar-refractivity contribution in [3.05, 3.63) is 46.3 Å². The number of amides is 1. The number of aliphatic hydroxyl groups is 1. The fourth-order valence-corrected chi connectivity index (χ4v) is 2.62. The van der Waals surface area contributed by atoms with E-state index in [1.54, 1.807) is 25.3 Å². The van der Waals surface area contributed by atoms with Crippen LogP contribution in [0.4, 0.5) is 5.82 Å². The summed E-state index contributed by atoms with van der Waals surface area (Å²) in [6, 6.07) is 7.10. The highest BCUT2D eigenvalue weighted by atomic mass is 32.1. The number of carbonyl (C=O) groups excluding carboxylic acids is 1. The van der Waals surface area contributed by atoms with Crippen molar-refractivity contribution >= 4 is 23.1 Å². The summed E-state index contributed by atoms with van der Waals surface area (Å²) in [5, 5.41) is 15.1. The van der Waals surface area contributed by atoms with Crippen LogP contribution in [0, 0.1) is 0 Å². The summed E-state index contributed by atoms with van der Waals surface area (Å²) in [7, 11) is 3.73. The molecule has 0 saturated heterocycles. The maximum atomic E-state index is 12.2. The first-order valence-corrected chi connectivity index (χ1v) is 7.46. The predicted molar refractivity (Wildman–Crippen MR) is 84.8 cm³/mol. The third kappa shape index (κ3) is 3.80. The number of nitrogens with zero attached hydrogens (tertiary/aromatic N) is 2. The van der Waals surface area contributed by atoms with E-state index in [9.17, 15) is 9.90 Å². The Kier molecular flexibility index (Phi) is 4.59. The third-order valence-electron chi connectivity index (χ3n) is 3.11. The average Bonchev–Trinajstić information content (AvgIpc) is 3.00. The highest BCUT2D eigenvalue weighted by Crippen LogP contribution is 2.24. The van der Waals surface area contributed by atoms with E-state index in [4.69, 9.17) is 0 Å². The van der Waals surface area contributed by atoms with Crippen molar-refractivity contribution in [3.8, 4) is 0 Å². The van der Waals surface area contributed by atoms with Crippen molar-refractivity contribution in [3.63, 3.8) is 0 Å². The van der Waals surface area contributed by atoms with Crippen LogP contribution < -0.4 is 10.2 Å². The molecule has 0 radical (unpaired) electrons. The number of nitrogens with one attached hydrogen (secondary N) is 1. The van der Waals surface area contributed by atoms with Crippen LogP contribution in [-0.2, 0) is 5.60 Å². The van der Waals surface area contributed by atoms with Crippen molar-refractivity contribution < 1.29 is 9.90 Å². The van der Waals surface area contributed by atoms with E-state index < -0.39 is 5.60 Å². The SMILES string of the molecule is CN(C)c1cc(C(=O)NCC(C)(O)c2cccs2)ccn1. The molecule has 6 heteroatoms. The van der Waals surface area contributed by atoms with Crippen LogP contribution in [0.5, 0.6) is 0 Å². The normalized spacial score (nSPS) is 13.5. The van der Waals surface area contributed by atoms with E-state index >= 15 is 0 Å². The summed E-state index contributed by atoms with van der Waals surface area (Å²) in [4.78, 5) is 19.0. The van der Waals surface area contributed by atoms with E-state index in [0.29, 0.717) is 11.4 Å². The van der Waals surface area contributed by atoms with Gasteiger partial charge in [-0.1, -0.05) is 6.07 Å². The van der Waals surface area contributed by atoms with Gasteiger partial charge < -0.3 is 15.3 Å². The van der Waals surface area contributed by atoms with Crippen LogP contribution in [0.15, 0.2) is 35.8 Å². The second kappa shape index (κ2) is 6.24. The Hall–Kier alpha value is -1.92. The standard InChI is InChI=1S/C15H19N3O2S/c1-15(20,12-5-4-8-21-12)10-17-14(19)11-6-7-16-13(9-11)18(2)3/h4-9,20H,10H2,1-3H3,(H,17,19). The minimum atomic E-state index is -1.07. The smallest absolute Gasteiger partial charge is 0.251 e. The maximum absolute atomic E-state index is 12.2. The van der Waals surface area contributed by atoms with Crippen LogP contribution in [0.1, 0.15) is 22.2 Å². The molecule has 0 saturated carbocycles. The van der Waals surface area contributed by atoms with Gasteiger partial charge in [-0.25, -0.2) is 4.98 Å². The van der Waals surface area contributed by atoms with Gasteiger partial charge in [0.25, 0.3) is 5.91 Å². The van der Waals surface area contributed by atoms with Gasteiger partial charge >= 0.3 is 0 Å². The molecule has 0 aliphatic rings. The minimum Gasteiger partial charge on any atom is -0.383 e. The van der Waals surface area contributed by atoms with Gasteiger partial charge in [0.05, 0.1) is 6.54 Å². The number of aromatic nitrogens is 1. The molecule has 0 aromatic carbocycles. The number of hydrogen-bond donors (Lipinski definition) is 2. The molecule has 0 bridgehead atoms. The molecule has 1 amide bonds. The molecule has 2 aromatic rings. The summed E-state index contributed by atoms with van der Waals surface area (Å²) < 4.78 is 0. The quantitative estimate of drug-likeness (QED) is 0.885. The molecule has 1 atom stereocenters. The lowest BCUT2D eigenvalue weighted by Gasteiger charge is -2.22. The fraction of sp³-hybridized carbons (Fsp3) is 0.333. The highest BCUT2D eigenvalue weighted by Gasteiger charge is 2.25. The van der Waals surface area contributed by atoms with Crippen LogP contribution in [-0.4, -0.2) is 36.6 Å². The molecule has 2 aromatic heterocycles. The lowest BCUT2D eigenvalue weighted by molar-refractivity contribution is 0.0557. The number of thiophene rings is 1. The second-order valence-corrected chi connectivity index (χ2v) is 6.18. The minimum absolute atomic E-state index is 0.159. The Morgan fingerprint density at radius 1 is 1.48 bits per heavy atom. The van der Waals surface area contributed by atoms with E-state index in [0.717, 1.165) is 4.88 Å². The number of carbonyl (C=O) groups is 1. The van der Waals surface area contributed by atoms with Crippen molar-refractivity contribution in [2.24, 2.45) is 0 Å². The van der Waals surface area contributed by atoms with Crippen molar-refractivity contribution in [1.29, 1.82) is 0 Å². The molecule has 21 heavy (non-hydrogen) atoms. The molecule has 2 heterocycles. The molecule has 0 aliphatic heterocycles. The van der Waals surface area contributed by atoms with Crippen LogP contribution in [0.2, 0.25) is 0 Å². The molecule has 2 N–H and O–H groups in total. The number of pyridine rings is 1. The van der Waals surface area contributed by atoms with Gasteiger partial charge in [-0.3, -0.25) is 4.79 Å². The van der Waals surface area contributed by atoms with Crippen molar-refractivity contribution in [2.75, 3.05) is 25.5 Å². The monoisotopic (exact) mass is 305 g/mol. The first-order chi connectivity index (χ1) is 9.90. The number of rotatable bonds is 5. The zero-order valence-corrected chi connectivity index (χ0v) is 13.1. The Bertz CT molecular complexity index is 609.